The normalized spacial score (nSPS) is 19.6. The molecule has 0 saturated carbocycles. The number of aromatic nitrogens is 1. The maximum Gasteiger partial charge on any atom is 0.256 e. The van der Waals surface area contributed by atoms with Crippen LogP contribution < -0.4 is 14.9 Å². The number of rotatable bonds is 7. The molecular weight excluding hydrogens is 528 g/mol. The maximum absolute atomic E-state index is 13.4. The number of aliphatic hydroxyl groups is 1. The van der Waals surface area contributed by atoms with E-state index >= 15 is 0 Å². The van der Waals surface area contributed by atoms with Gasteiger partial charge in [-0.15, -0.1) is 0 Å². The number of anilines is 3. The van der Waals surface area contributed by atoms with E-state index in [9.17, 15) is 13.6 Å². The summed E-state index contributed by atoms with van der Waals surface area (Å²) in [7, 11) is 2.06. The van der Waals surface area contributed by atoms with Crippen LogP contribution in [0.3, 0.4) is 0 Å². The molecule has 1 aromatic carbocycles. The van der Waals surface area contributed by atoms with Gasteiger partial charge in [0.25, 0.3) is 11.8 Å². The number of aliphatic hydroxyl groups excluding tert-OH is 1. The molecule has 1 amide bonds. The molecule has 3 heterocycles. The lowest BCUT2D eigenvalue weighted by molar-refractivity contribution is -0.0221. The number of nitrogens with one attached hydrogen (secondary N) is 2. The number of carbonyl (C=O) groups is 1. The second-order valence-electron chi connectivity index (χ2n) is 10.4. The minimum Gasteiger partial charge on any atom is -0.395 e. The SMILES string of the molecule is CN1CCS(C)(C)CC1.Cc1cc(NC(=O)c2ccc(NSCCO)cc2)nc(N2CCC(F)(F)CC2)c1. The molecule has 2 aliphatic rings. The Balaban J connectivity index is 0.000000375. The summed E-state index contributed by atoms with van der Waals surface area (Å²) in [6.45, 7) is 5.08. The quantitative estimate of drug-likeness (QED) is 0.322. The van der Waals surface area contributed by atoms with Crippen LogP contribution in [0.2, 0.25) is 0 Å². The molecule has 0 unspecified atom stereocenters. The van der Waals surface area contributed by atoms with Crippen LogP contribution in [0, 0.1) is 6.92 Å². The van der Waals surface area contributed by atoms with Crippen molar-refractivity contribution in [2.24, 2.45) is 0 Å². The molecule has 2 saturated heterocycles. The standard InChI is InChI=1S/C20H24F2N4O2S.C7H17NS/c1-14-12-17(23-18(13-14)26-8-6-20(21,22)7-9-26)24-19(28)15-2-4-16(5-3-15)25-29-11-10-27;1-8-4-6-9(2,3)7-5-8/h2-5,12-13,25,27H,6-11H2,1H3,(H,23,24,28);4-7H2,1-3H3. The highest BCUT2D eigenvalue weighted by Gasteiger charge is 2.34. The highest BCUT2D eigenvalue weighted by molar-refractivity contribution is 8.32. The van der Waals surface area contributed by atoms with Gasteiger partial charge in [0.1, 0.15) is 11.6 Å². The van der Waals surface area contributed by atoms with Crippen molar-refractivity contribution in [2.75, 3.05) is 84.5 Å². The Labute approximate surface area is 231 Å². The Bertz CT molecular complexity index is 1040. The predicted octanol–water partition coefficient (Wildman–Crippen LogP) is 4.93. The number of piperidine rings is 1. The van der Waals surface area contributed by atoms with E-state index in [1.807, 2.05) is 17.9 Å². The maximum atomic E-state index is 13.4. The van der Waals surface area contributed by atoms with Crippen molar-refractivity contribution in [3.05, 3.63) is 47.5 Å². The molecule has 212 valence electrons. The number of aryl methyl sites for hydroxylation is 1. The number of pyridine rings is 1. The van der Waals surface area contributed by atoms with E-state index in [2.05, 4.69) is 39.5 Å². The lowest BCUT2D eigenvalue weighted by atomic mass is 10.1. The van der Waals surface area contributed by atoms with Gasteiger partial charge in [0.05, 0.1) is 6.61 Å². The predicted molar refractivity (Wildman–Crippen MR) is 160 cm³/mol. The second kappa shape index (κ2) is 13.8. The smallest absolute Gasteiger partial charge is 0.256 e. The molecule has 2 aliphatic heterocycles. The molecule has 0 bridgehead atoms. The van der Waals surface area contributed by atoms with Crippen LogP contribution in [0.15, 0.2) is 36.4 Å². The van der Waals surface area contributed by atoms with Crippen LogP contribution in [0.25, 0.3) is 0 Å². The zero-order valence-electron chi connectivity index (χ0n) is 22.8. The van der Waals surface area contributed by atoms with Crippen LogP contribution in [0.4, 0.5) is 26.1 Å². The molecule has 1 aromatic heterocycles. The van der Waals surface area contributed by atoms with Gasteiger partial charge in [0, 0.05) is 56.0 Å². The molecule has 4 rings (SSSR count). The fourth-order valence-electron chi connectivity index (χ4n) is 4.02. The third kappa shape index (κ3) is 9.91. The summed E-state index contributed by atoms with van der Waals surface area (Å²) in [6.07, 6.45) is 4.50. The minimum atomic E-state index is -2.62. The number of alkyl halides is 2. The zero-order chi connectivity index (χ0) is 27.8. The van der Waals surface area contributed by atoms with Gasteiger partial charge >= 0.3 is 0 Å². The van der Waals surface area contributed by atoms with Crippen LogP contribution in [0.1, 0.15) is 28.8 Å². The van der Waals surface area contributed by atoms with E-state index in [1.165, 1.54) is 36.5 Å². The van der Waals surface area contributed by atoms with Gasteiger partial charge in [-0.1, -0.05) is 11.9 Å². The highest BCUT2D eigenvalue weighted by atomic mass is 32.3. The van der Waals surface area contributed by atoms with Crippen LogP contribution in [0.5, 0.6) is 0 Å². The van der Waals surface area contributed by atoms with E-state index in [0.29, 0.717) is 23.0 Å². The topological polar surface area (TPSA) is 80.7 Å². The van der Waals surface area contributed by atoms with E-state index in [1.54, 1.807) is 30.3 Å². The molecule has 0 radical (unpaired) electrons. The van der Waals surface area contributed by atoms with Crippen molar-refractivity contribution in [3.63, 3.8) is 0 Å². The molecule has 0 atom stereocenters. The molecule has 7 nitrogen and oxygen atoms in total. The molecular formula is C27H41F2N5O2S2. The summed E-state index contributed by atoms with van der Waals surface area (Å²) in [6, 6.07) is 10.5. The summed E-state index contributed by atoms with van der Waals surface area (Å²) in [5.41, 5.74) is 2.20. The second-order valence-corrected chi connectivity index (χ2v) is 15.7. The van der Waals surface area contributed by atoms with Crippen molar-refractivity contribution in [1.82, 2.24) is 9.88 Å². The molecule has 0 aliphatic carbocycles. The van der Waals surface area contributed by atoms with Gasteiger partial charge in [0.15, 0.2) is 0 Å². The van der Waals surface area contributed by atoms with Gasteiger partial charge in [-0.05, 0) is 80.0 Å². The van der Waals surface area contributed by atoms with E-state index < -0.39 is 5.92 Å². The van der Waals surface area contributed by atoms with Crippen molar-refractivity contribution in [3.8, 4) is 0 Å². The number of halogens is 2. The van der Waals surface area contributed by atoms with Crippen LogP contribution >= 0.6 is 22.0 Å². The Hall–Kier alpha value is -2.08. The number of hydrogen-bond donors (Lipinski definition) is 3. The monoisotopic (exact) mass is 569 g/mol. The average molecular weight is 570 g/mol. The first-order valence-corrected chi connectivity index (χ1v) is 16.6. The highest BCUT2D eigenvalue weighted by Crippen LogP contribution is 2.41. The number of amides is 1. The van der Waals surface area contributed by atoms with Crippen LogP contribution in [-0.4, -0.2) is 96.4 Å². The lowest BCUT2D eigenvalue weighted by Gasteiger charge is -2.39. The Kier molecular flexibility index (Phi) is 11.1. The first-order valence-electron chi connectivity index (χ1n) is 12.9. The van der Waals surface area contributed by atoms with Gasteiger partial charge in [-0.25, -0.2) is 23.8 Å². The van der Waals surface area contributed by atoms with Crippen LogP contribution in [-0.2, 0) is 0 Å². The molecule has 11 heteroatoms. The number of hydrogen-bond acceptors (Lipinski definition) is 7. The Morgan fingerprint density at radius 3 is 2.32 bits per heavy atom. The van der Waals surface area contributed by atoms with E-state index in [4.69, 9.17) is 5.11 Å². The molecule has 2 aromatic rings. The summed E-state index contributed by atoms with van der Waals surface area (Å²) >= 11 is 1.38. The largest absolute Gasteiger partial charge is 0.395 e. The summed E-state index contributed by atoms with van der Waals surface area (Å²) in [4.78, 5) is 21.2. The number of nitrogens with zero attached hydrogens (tertiary/aromatic N) is 3. The molecule has 0 spiro atoms. The first kappa shape index (κ1) is 30.5. The van der Waals surface area contributed by atoms with Gasteiger partial charge in [-0.3, -0.25) is 4.79 Å². The van der Waals surface area contributed by atoms with Crippen molar-refractivity contribution in [1.29, 1.82) is 0 Å². The zero-order valence-corrected chi connectivity index (χ0v) is 24.4. The number of carbonyl (C=O) groups excluding carboxylic acids is 1. The van der Waals surface area contributed by atoms with Crippen molar-refractivity contribution >= 4 is 45.2 Å². The molecule has 2 fully saturated rings. The third-order valence-electron chi connectivity index (χ3n) is 6.60. The fraction of sp³-hybridized carbons (Fsp3) is 0.556. The Morgan fingerprint density at radius 2 is 1.74 bits per heavy atom. The first-order chi connectivity index (χ1) is 18.0. The van der Waals surface area contributed by atoms with Crippen molar-refractivity contribution < 1.29 is 18.7 Å². The van der Waals surface area contributed by atoms with Gasteiger partial charge in [0.2, 0.25) is 0 Å². The van der Waals surface area contributed by atoms with E-state index in [-0.39, 0.29) is 48.5 Å². The average Bonchev–Trinajstić information content (AvgIpc) is 2.86. The minimum absolute atomic E-state index is 0.0868. The Morgan fingerprint density at radius 1 is 1.11 bits per heavy atom. The van der Waals surface area contributed by atoms with Gasteiger partial charge < -0.3 is 24.9 Å². The lowest BCUT2D eigenvalue weighted by Crippen LogP contribution is -2.39. The summed E-state index contributed by atoms with van der Waals surface area (Å²) in [5, 5.41) is 11.6. The third-order valence-corrected chi connectivity index (χ3v) is 9.94. The molecule has 3 N–H and O–H groups in total. The fourth-order valence-corrected chi connectivity index (χ4v) is 6.33. The van der Waals surface area contributed by atoms with E-state index in [0.717, 1.165) is 11.3 Å². The molecule has 38 heavy (non-hydrogen) atoms. The van der Waals surface area contributed by atoms with Gasteiger partial charge in [-0.2, -0.15) is 0 Å². The summed E-state index contributed by atoms with van der Waals surface area (Å²) in [5.74, 6) is 1.54. The number of benzene rings is 1. The summed E-state index contributed by atoms with van der Waals surface area (Å²) < 4.78 is 29.9. The van der Waals surface area contributed by atoms with Crippen molar-refractivity contribution in [2.45, 2.75) is 25.7 Å².